The van der Waals surface area contributed by atoms with Crippen molar-refractivity contribution < 1.29 is 18.9 Å². The maximum Gasteiger partial charge on any atom is 0.338 e. The zero-order chi connectivity index (χ0) is 25.6. The Hall–Kier alpha value is -4.09. The summed E-state index contributed by atoms with van der Waals surface area (Å²) in [6, 6.07) is 11.1. The summed E-state index contributed by atoms with van der Waals surface area (Å²) in [5.74, 6) is 0.448. The molecular weight excluding hydrogens is 502 g/mol. The van der Waals surface area contributed by atoms with E-state index in [-0.39, 0.29) is 11.2 Å². The third-order valence-corrected chi connectivity index (χ3v) is 7.73. The lowest BCUT2D eigenvalue weighted by Crippen LogP contribution is -2.39. The van der Waals surface area contributed by atoms with Gasteiger partial charge in [-0.05, 0) is 49.1 Å². The van der Waals surface area contributed by atoms with Crippen LogP contribution in [-0.2, 0) is 9.53 Å². The summed E-state index contributed by atoms with van der Waals surface area (Å²) in [6.07, 6.45) is 1.64. The Kier molecular flexibility index (Phi) is 6.02. The number of nitro groups is 1. The maximum atomic E-state index is 13.5. The van der Waals surface area contributed by atoms with Crippen LogP contribution in [0.25, 0.3) is 17.4 Å². The number of benzene rings is 1. The lowest BCUT2D eigenvalue weighted by molar-refractivity contribution is -0.384. The first-order valence-corrected chi connectivity index (χ1v) is 12.5. The molecule has 3 aromatic heterocycles. The number of aryl methyl sites for hydroxylation is 1. The molecule has 0 bridgehead atoms. The Labute approximate surface area is 212 Å². The van der Waals surface area contributed by atoms with Crippen molar-refractivity contribution in [3.8, 4) is 11.3 Å². The number of ether oxygens (including phenoxy) is 1. The van der Waals surface area contributed by atoms with Gasteiger partial charge in [-0.25, -0.2) is 9.79 Å². The highest BCUT2D eigenvalue weighted by Gasteiger charge is 2.33. The summed E-state index contributed by atoms with van der Waals surface area (Å²) in [5.41, 5.74) is 1.96. The largest absolute Gasteiger partial charge is 0.466 e. The first-order valence-electron chi connectivity index (χ1n) is 10.8. The Bertz CT molecular complexity index is 1720. The quantitative estimate of drug-likeness (QED) is 0.223. The Morgan fingerprint density at radius 1 is 1.25 bits per heavy atom. The minimum absolute atomic E-state index is 0.00560. The molecule has 0 spiro atoms. The minimum Gasteiger partial charge on any atom is -0.466 e. The fraction of sp³-hybridized carbons (Fsp3) is 0.160. The lowest BCUT2D eigenvalue weighted by Gasteiger charge is -2.22. The molecule has 11 heteroatoms. The molecule has 0 fully saturated rings. The number of furan rings is 1. The van der Waals surface area contributed by atoms with Crippen molar-refractivity contribution in [3.63, 3.8) is 0 Å². The van der Waals surface area contributed by atoms with Gasteiger partial charge in [-0.1, -0.05) is 17.4 Å². The van der Waals surface area contributed by atoms with E-state index in [9.17, 15) is 19.7 Å². The second-order valence-corrected chi connectivity index (χ2v) is 10.0. The number of rotatable bonds is 5. The standard InChI is InChI=1S/C25H19N3O6S2/c1-13-11-15(28(31)32)6-8-17(13)18-9-7-16(34-18)12-20-23(29)27-22(19-5-4-10-35-19)21(24(30)33-3)14(2)26-25(27)36-20/h4-12,22H,1-3H3. The highest BCUT2D eigenvalue weighted by molar-refractivity contribution is 7.10. The van der Waals surface area contributed by atoms with Crippen molar-refractivity contribution >= 4 is 40.4 Å². The van der Waals surface area contributed by atoms with Crippen LogP contribution in [0.1, 0.15) is 29.2 Å². The second-order valence-electron chi connectivity index (χ2n) is 8.05. The van der Waals surface area contributed by atoms with Crippen LogP contribution in [0.4, 0.5) is 5.69 Å². The molecule has 0 radical (unpaired) electrons. The third kappa shape index (κ3) is 4.01. The molecule has 0 saturated heterocycles. The Morgan fingerprint density at radius 3 is 2.72 bits per heavy atom. The van der Waals surface area contributed by atoms with Gasteiger partial charge in [-0.15, -0.1) is 11.3 Å². The normalized spacial score (nSPS) is 15.5. The summed E-state index contributed by atoms with van der Waals surface area (Å²) < 4.78 is 12.9. The van der Waals surface area contributed by atoms with Crippen molar-refractivity contribution in [2.75, 3.05) is 7.11 Å². The van der Waals surface area contributed by atoms with E-state index in [2.05, 4.69) is 4.99 Å². The zero-order valence-electron chi connectivity index (χ0n) is 19.4. The second kappa shape index (κ2) is 9.17. The Balaban J connectivity index is 1.60. The third-order valence-electron chi connectivity index (χ3n) is 5.83. The van der Waals surface area contributed by atoms with Gasteiger partial charge in [0.15, 0.2) is 4.80 Å². The number of carbonyl (C=O) groups excluding carboxylic acids is 1. The molecule has 0 aliphatic carbocycles. The molecular formula is C25H19N3O6S2. The molecule has 1 atom stereocenters. The summed E-state index contributed by atoms with van der Waals surface area (Å²) in [5, 5.41) is 12.9. The van der Waals surface area contributed by atoms with Crippen LogP contribution in [0.3, 0.4) is 0 Å². The van der Waals surface area contributed by atoms with E-state index in [1.165, 1.54) is 46.5 Å². The van der Waals surface area contributed by atoms with E-state index in [1.54, 1.807) is 38.1 Å². The number of esters is 1. The number of hydrogen-bond acceptors (Lipinski definition) is 9. The number of nitro benzene ring substituents is 1. The number of nitrogens with zero attached hydrogens (tertiary/aromatic N) is 3. The van der Waals surface area contributed by atoms with E-state index in [1.807, 2.05) is 17.5 Å². The van der Waals surface area contributed by atoms with E-state index in [0.29, 0.717) is 37.7 Å². The highest BCUT2D eigenvalue weighted by Crippen LogP contribution is 2.33. The number of non-ortho nitro benzene ring substituents is 1. The molecule has 4 aromatic rings. The van der Waals surface area contributed by atoms with E-state index in [4.69, 9.17) is 9.15 Å². The summed E-state index contributed by atoms with van der Waals surface area (Å²) in [4.78, 5) is 42.6. The molecule has 1 unspecified atom stereocenters. The van der Waals surface area contributed by atoms with Crippen LogP contribution in [0.2, 0.25) is 0 Å². The van der Waals surface area contributed by atoms with Crippen molar-refractivity contribution in [3.05, 3.63) is 105 Å². The summed E-state index contributed by atoms with van der Waals surface area (Å²) in [6.45, 7) is 3.50. The predicted octanol–water partition coefficient (Wildman–Crippen LogP) is 3.95. The van der Waals surface area contributed by atoms with Crippen LogP contribution in [0.15, 0.2) is 73.3 Å². The molecule has 36 heavy (non-hydrogen) atoms. The number of methoxy groups -OCH3 is 1. The molecule has 4 heterocycles. The lowest BCUT2D eigenvalue weighted by atomic mass is 10.0. The number of thiophene rings is 1. The fourth-order valence-corrected chi connectivity index (χ4v) is 6.00. The first kappa shape index (κ1) is 23.6. The number of fused-ring (bicyclic) bond motifs is 1. The molecule has 1 aromatic carbocycles. The Morgan fingerprint density at radius 2 is 2.06 bits per heavy atom. The molecule has 182 valence electrons. The van der Waals surface area contributed by atoms with Crippen LogP contribution in [0, 0.1) is 17.0 Å². The van der Waals surface area contributed by atoms with Crippen LogP contribution in [-0.4, -0.2) is 22.6 Å². The molecule has 0 amide bonds. The van der Waals surface area contributed by atoms with Gasteiger partial charge in [-0.2, -0.15) is 0 Å². The van der Waals surface area contributed by atoms with Gasteiger partial charge < -0.3 is 9.15 Å². The summed E-state index contributed by atoms with van der Waals surface area (Å²) in [7, 11) is 1.31. The van der Waals surface area contributed by atoms with Gasteiger partial charge in [0.05, 0.1) is 27.8 Å². The highest BCUT2D eigenvalue weighted by atomic mass is 32.1. The minimum atomic E-state index is -0.634. The number of hydrogen-bond donors (Lipinski definition) is 0. The molecule has 1 aliphatic heterocycles. The van der Waals surface area contributed by atoms with Gasteiger partial charge >= 0.3 is 5.97 Å². The smallest absolute Gasteiger partial charge is 0.338 e. The average Bonchev–Trinajstić information content (AvgIpc) is 3.60. The van der Waals surface area contributed by atoms with E-state index in [0.717, 1.165) is 10.4 Å². The van der Waals surface area contributed by atoms with Crippen molar-refractivity contribution in [2.24, 2.45) is 4.99 Å². The fourth-order valence-electron chi connectivity index (χ4n) is 4.15. The first-order chi connectivity index (χ1) is 17.3. The predicted molar refractivity (Wildman–Crippen MR) is 136 cm³/mol. The topological polar surface area (TPSA) is 117 Å². The maximum absolute atomic E-state index is 13.5. The average molecular weight is 522 g/mol. The molecule has 1 aliphatic rings. The molecule has 9 nitrogen and oxygen atoms in total. The molecule has 0 saturated carbocycles. The van der Waals surface area contributed by atoms with Crippen molar-refractivity contribution in [1.82, 2.24) is 4.57 Å². The number of aromatic nitrogens is 1. The zero-order valence-corrected chi connectivity index (χ0v) is 21.0. The van der Waals surface area contributed by atoms with Gasteiger partial charge in [0.1, 0.15) is 17.6 Å². The number of carbonyl (C=O) groups is 1. The van der Waals surface area contributed by atoms with Gasteiger partial charge in [-0.3, -0.25) is 19.5 Å². The monoisotopic (exact) mass is 521 g/mol. The van der Waals surface area contributed by atoms with Gasteiger partial charge in [0, 0.05) is 28.6 Å². The van der Waals surface area contributed by atoms with Gasteiger partial charge in [0.25, 0.3) is 11.2 Å². The van der Waals surface area contributed by atoms with Gasteiger partial charge in [0.2, 0.25) is 0 Å². The van der Waals surface area contributed by atoms with Crippen molar-refractivity contribution in [2.45, 2.75) is 19.9 Å². The summed E-state index contributed by atoms with van der Waals surface area (Å²) >= 11 is 2.65. The number of thiazole rings is 1. The van der Waals surface area contributed by atoms with E-state index >= 15 is 0 Å². The van der Waals surface area contributed by atoms with E-state index < -0.39 is 16.9 Å². The van der Waals surface area contributed by atoms with Crippen LogP contribution in [0.5, 0.6) is 0 Å². The number of allylic oxidation sites excluding steroid dienone is 1. The SMILES string of the molecule is COC(=O)C1=C(C)N=c2sc(=Cc3ccc(-c4ccc([N+](=O)[O-])cc4C)o3)c(=O)n2C1c1cccs1. The molecule has 5 rings (SSSR count). The van der Waals surface area contributed by atoms with Crippen LogP contribution < -0.4 is 14.9 Å². The molecule has 0 N–H and O–H groups in total. The van der Waals surface area contributed by atoms with Crippen LogP contribution >= 0.6 is 22.7 Å². The van der Waals surface area contributed by atoms with Crippen molar-refractivity contribution in [1.29, 1.82) is 0 Å².